The molecule has 1 aromatic heterocycles. The molecule has 3 rings (SSSR count). The molecular weight excluding hydrogens is 450 g/mol. The number of carbonyl (C=O) groups is 1. The van der Waals surface area contributed by atoms with Gasteiger partial charge in [0.15, 0.2) is 4.77 Å². The maximum absolute atomic E-state index is 13.5. The number of methoxy groups -OCH3 is 1. The Labute approximate surface area is 204 Å². The van der Waals surface area contributed by atoms with Gasteiger partial charge in [0, 0.05) is 45.5 Å². The van der Waals surface area contributed by atoms with E-state index in [-0.39, 0.29) is 11.5 Å². The molecule has 1 heterocycles. The Morgan fingerprint density at radius 1 is 1.18 bits per heavy atom. The number of hydrogen-bond donors (Lipinski definition) is 1. The number of H-pyrrole nitrogens is 1. The molecule has 0 bridgehead atoms. The summed E-state index contributed by atoms with van der Waals surface area (Å²) in [5.74, 6) is -0.142. The highest BCUT2D eigenvalue weighted by Gasteiger charge is 2.18. The van der Waals surface area contributed by atoms with Gasteiger partial charge in [0.1, 0.15) is 0 Å². The standard InChI is InChI=1S/C25H29N5O3S/c1-28(2)12-13-29(17-19-7-5-18(16-26)6-8-19)23(31)20-9-10-21-22(15-20)27-25(34)30(24(21)32)11-4-14-33-3/h5-10,15H,4,11-14,17H2,1-3H3,(H,27,34). The normalized spacial score (nSPS) is 11.0. The topological polar surface area (TPSA) is 94.4 Å². The second-order valence-corrected chi connectivity index (χ2v) is 8.72. The number of nitriles is 1. The fourth-order valence-electron chi connectivity index (χ4n) is 3.62. The summed E-state index contributed by atoms with van der Waals surface area (Å²) in [5, 5.41) is 9.51. The average Bonchev–Trinajstić information content (AvgIpc) is 2.83. The summed E-state index contributed by atoms with van der Waals surface area (Å²) in [7, 11) is 5.53. The summed E-state index contributed by atoms with van der Waals surface area (Å²) in [6.45, 7) is 2.63. The first-order chi connectivity index (χ1) is 16.3. The number of rotatable bonds is 10. The van der Waals surface area contributed by atoms with E-state index in [9.17, 15) is 9.59 Å². The van der Waals surface area contributed by atoms with Crippen molar-refractivity contribution in [3.8, 4) is 6.07 Å². The van der Waals surface area contributed by atoms with Crippen molar-refractivity contribution in [2.24, 2.45) is 0 Å². The second kappa shape index (κ2) is 11.7. The number of carbonyl (C=O) groups excluding carboxylic acids is 1. The van der Waals surface area contributed by atoms with Crippen molar-refractivity contribution in [1.29, 1.82) is 5.26 Å². The van der Waals surface area contributed by atoms with Crippen LogP contribution in [0, 0.1) is 16.1 Å². The van der Waals surface area contributed by atoms with E-state index in [1.165, 1.54) is 4.57 Å². The summed E-state index contributed by atoms with van der Waals surface area (Å²) in [4.78, 5) is 33.3. The molecular formula is C25H29N5O3S. The van der Waals surface area contributed by atoms with Crippen LogP contribution in [0.25, 0.3) is 10.9 Å². The summed E-state index contributed by atoms with van der Waals surface area (Å²) in [6, 6.07) is 14.4. The predicted molar refractivity (Wildman–Crippen MR) is 134 cm³/mol. The predicted octanol–water partition coefficient (Wildman–Crippen LogP) is 3.17. The molecule has 0 saturated carbocycles. The van der Waals surface area contributed by atoms with Gasteiger partial charge in [0.25, 0.3) is 11.5 Å². The Kier molecular flexibility index (Phi) is 8.71. The highest BCUT2D eigenvalue weighted by Crippen LogP contribution is 2.16. The molecule has 34 heavy (non-hydrogen) atoms. The minimum Gasteiger partial charge on any atom is -0.385 e. The Morgan fingerprint density at radius 2 is 1.91 bits per heavy atom. The van der Waals surface area contributed by atoms with E-state index in [0.717, 1.165) is 5.56 Å². The van der Waals surface area contributed by atoms with Crippen LogP contribution in [0.15, 0.2) is 47.3 Å². The number of nitrogens with zero attached hydrogens (tertiary/aromatic N) is 4. The van der Waals surface area contributed by atoms with Gasteiger partial charge in [0.05, 0.1) is 22.5 Å². The van der Waals surface area contributed by atoms with Crippen molar-refractivity contribution in [2.75, 3.05) is 40.9 Å². The van der Waals surface area contributed by atoms with Crippen LogP contribution in [-0.4, -0.2) is 66.2 Å². The van der Waals surface area contributed by atoms with Crippen molar-refractivity contribution in [1.82, 2.24) is 19.4 Å². The van der Waals surface area contributed by atoms with Gasteiger partial charge < -0.3 is 19.5 Å². The number of fused-ring (bicyclic) bond motifs is 1. The van der Waals surface area contributed by atoms with Gasteiger partial charge in [-0.2, -0.15) is 5.26 Å². The van der Waals surface area contributed by atoms with Crippen LogP contribution in [0.5, 0.6) is 0 Å². The van der Waals surface area contributed by atoms with Crippen LogP contribution in [0.4, 0.5) is 0 Å². The van der Waals surface area contributed by atoms with Crippen molar-refractivity contribution in [3.63, 3.8) is 0 Å². The van der Waals surface area contributed by atoms with Gasteiger partial charge in [-0.15, -0.1) is 0 Å². The largest absolute Gasteiger partial charge is 0.385 e. The van der Waals surface area contributed by atoms with Crippen LogP contribution in [0.3, 0.4) is 0 Å². The smallest absolute Gasteiger partial charge is 0.262 e. The lowest BCUT2D eigenvalue weighted by Gasteiger charge is -2.25. The van der Waals surface area contributed by atoms with E-state index in [0.29, 0.717) is 66.0 Å². The molecule has 0 aliphatic carbocycles. The minimum absolute atomic E-state index is 0.142. The molecule has 178 valence electrons. The maximum Gasteiger partial charge on any atom is 0.262 e. The molecule has 0 aliphatic rings. The lowest BCUT2D eigenvalue weighted by Crippen LogP contribution is -2.36. The lowest BCUT2D eigenvalue weighted by molar-refractivity contribution is 0.0732. The molecule has 9 heteroatoms. The maximum atomic E-state index is 13.5. The van der Waals surface area contributed by atoms with E-state index < -0.39 is 0 Å². The molecule has 2 aromatic carbocycles. The Bertz CT molecular complexity index is 1310. The van der Waals surface area contributed by atoms with Crippen LogP contribution in [0.2, 0.25) is 0 Å². The summed E-state index contributed by atoms with van der Waals surface area (Å²) >= 11 is 5.40. The van der Waals surface area contributed by atoms with Gasteiger partial charge in [-0.25, -0.2) is 0 Å². The fourth-order valence-corrected chi connectivity index (χ4v) is 3.90. The number of benzene rings is 2. The summed E-state index contributed by atoms with van der Waals surface area (Å²) < 4.78 is 6.90. The third-order valence-electron chi connectivity index (χ3n) is 5.52. The van der Waals surface area contributed by atoms with Gasteiger partial charge in [-0.05, 0) is 68.6 Å². The van der Waals surface area contributed by atoms with Crippen LogP contribution >= 0.6 is 12.2 Å². The number of hydrogen-bond acceptors (Lipinski definition) is 6. The number of likely N-dealkylation sites (N-methyl/N-ethyl adjacent to an activating group) is 1. The Morgan fingerprint density at radius 3 is 2.56 bits per heavy atom. The molecule has 0 unspecified atom stereocenters. The third-order valence-corrected chi connectivity index (χ3v) is 5.84. The van der Waals surface area contributed by atoms with Gasteiger partial charge in [-0.1, -0.05) is 12.1 Å². The number of aromatic nitrogens is 2. The third kappa shape index (κ3) is 6.17. The SMILES string of the molecule is COCCCn1c(=S)[nH]c2cc(C(=O)N(CCN(C)C)Cc3ccc(C#N)cc3)ccc2c1=O. The molecule has 0 aliphatic heterocycles. The highest BCUT2D eigenvalue weighted by atomic mass is 32.1. The van der Waals surface area contributed by atoms with Crippen LogP contribution in [0.1, 0.15) is 27.9 Å². The first-order valence-corrected chi connectivity index (χ1v) is 11.4. The molecule has 1 amide bonds. The monoisotopic (exact) mass is 479 g/mol. The molecule has 1 N–H and O–H groups in total. The number of nitrogens with one attached hydrogen (secondary N) is 1. The zero-order chi connectivity index (χ0) is 24.7. The minimum atomic E-state index is -0.184. The highest BCUT2D eigenvalue weighted by molar-refractivity contribution is 7.71. The average molecular weight is 480 g/mol. The second-order valence-electron chi connectivity index (χ2n) is 8.33. The van der Waals surface area contributed by atoms with Gasteiger partial charge in [-0.3, -0.25) is 14.2 Å². The van der Waals surface area contributed by atoms with Crippen molar-refractivity contribution in [3.05, 3.63) is 74.3 Å². The Balaban J connectivity index is 1.91. The molecule has 0 fully saturated rings. The summed E-state index contributed by atoms with van der Waals surface area (Å²) in [6.07, 6.45) is 0.673. The van der Waals surface area contributed by atoms with Crippen molar-refractivity contribution < 1.29 is 9.53 Å². The van der Waals surface area contributed by atoms with Crippen molar-refractivity contribution >= 4 is 29.0 Å². The summed E-state index contributed by atoms with van der Waals surface area (Å²) in [5.41, 5.74) is 2.34. The van der Waals surface area contributed by atoms with E-state index >= 15 is 0 Å². The Hall–Kier alpha value is -3.32. The first-order valence-electron chi connectivity index (χ1n) is 11.0. The molecule has 0 radical (unpaired) electrons. The van der Waals surface area contributed by atoms with Crippen LogP contribution < -0.4 is 5.56 Å². The molecule has 0 saturated heterocycles. The van der Waals surface area contributed by atoms with Crippen LogP contribution in [-0.2, 0) is 17.8 Å². The number of aromatic amines is 1. The van der Waals surface area contributed by atoms with E-state index in [2.05, 4.69) is 11.1 Å². The molecule has 3 aromatic rings. The molecule has 0 atom stereocenters. The quantitative estimate of drug-likeness (QED) is 0.355. The van der Waals surface area contributed by atoms with Gasteiger partial charge in [0.2, 0.25) is 0 Å². The van der Waals surface area contributed by atoms with E-state index in [4.69, 9.17) is 22.2 Å². The van der Waals surface area contributed by atoms with E-state index in [1.807, 2.05) is 31.1 Å². The first kappa shape index (κ1) is 25.3. The van der Waals surface area contributed by atoms with E-state index in [1.54, 1.807) is 42.3 Å². The fraction of sp³-hybridized carbons (Fsp3) is 0.360. The molecule has 8 nitrogen and oxygen atoms in total. The molecule has 0 spiro atoms. The lowest BCUT2D eigenvalue weighted by atomic mass is 10.1. The van der Waals surface area contributed by atoms with Crippen molar-refractivity contribution in [2.45, 2.75) is 19.5 Å². The number of amides is 1. The zero-order valence-corrected chi connectivity index (χ0v) is 20.5. The number of ether oxygens (including phenoxy) is 1. The van der Waals surface area contributed by atoms with Gasteiger partial charge >= 0.3 is 0 Å². The zero-order valence-electron chi connectivity index (χ0n) is 19.7.